The third-order valence-corrected chi connectivity index (χ3v) is 2.96. The molecule has 1 amide bonds. The molecule has 0 aromatic heterocycles. The van der Waals surface area contributed by atoms with Crippen molar-refractivity contribution in [3.05, 3.63) is 18.2 Å². The van der Waals surface area contributed by atoms with Crippen LogP contribution >= 0.6 is 0 Å². The van der Waals surface area contributed by atoms with E-state index in [2.05, 4.69) is 16.0 Å². The van der Waals surface area contributed by atoms with Crippen molar-refractivity contribution in [3.8, 4) is 11.5 Å². The van der Waals surface area contributed by atoms with E-state index < -0.39 is 0 Å². The molecule has 1 heterocycles. The lowest BCUT2D eigenvalue weighted by Crippen LogP contribution is -2.59. The summed E-state index contributed by atoms with van der Waals surface area (Å²) in [4.78, 5) is 11.5. The van der Waals surface area contributed by atoms with Crippen molar-refractivity contribution >= 4 is 11.6 Å². The number of hydrogen-bond donors (Lipinski definition) is 3. The number of anilines is 1. The lowest BCUT2D eigenvalue weighted by atomic mass is 10.2. The Morgan fingerprint density at radius 1 is 1.32 bits per heavy atom. The monoisotopic (exact) mass is 265 g/mol. The summed E-state index contributed by atoms with van der Waals surface area (Å²) in [6, 6.07) is 5.61. The summed E-state index contributed by atoms with van der Waals surface area (Å²) >= 11 is 0. The molecule has 2 unspecified atom stereocenters. The number of amides is 1. The van der Waals surface area contributed by atoms with Crippen LogP contribution in [0, 0.1) is 0 Å². The minimum absolute atomic E-state index is 0.0243. The smallest absolute Gasteiger partial charge is 0.224 e. The van der Waals surface area contributed by atoms with Gasteiger partial charge in [0.05, 0.1) is 19.9 Å². The standard InChI is InChI=1S/C13H19N3O3/c1-8-6-12(17)16-13(14-8)15-10-5-4-9(18-2)7-11(10)19-3/h4-5,7-8,13-15H,6H2,1-3H3,(H,16,17). The molecule has 6 heteroatoms. The van der Waals surface area contributed by atoms with Gasteiger partial charge in [-0.3, -0.25) is 10.1 Å². The zero-order valence-corrected chi connectivity index (χ0v) is 11.3. The molecule has 1 aromatic rings. The number of nitrogens with one attached hydrogen (secondary N) is 3. The SMILES string of the molecule is COc1ccc(NC2NC(=O)CC(C)N2)c(OC)c1. The molecular weight excluding hydrogens is 246 g/mol. The van der Waals surface area contributed by atoms with Crippen molar-refractivity contribution in [3.63, 3.8) is 0 Å². The highest BCUT2D eigenvalue weighted by Crippen LogP contribution is 2.29. The number of benzene rings is 1. The molecule has 2 atom stereocenters. The van der Waals surface area contributed by atoms with Gasteiger partial charge in [0.1, 0.15) is 11.5 Å². The molecule has 0 aliphatic carbocycles. The fraction of sp³-hybridized carbons (Fsp3) is 0.462. The average molecular weight is 265 g/mol. The second kappa shape index (κ2) is 5.79. The molecule has 0 bridgehead atoms. The van der Waals surface area contributed by atoms with Gasteiger partial charge in [0.25, 0.3) is 0 Å². The van der Waals surface area contributed by atoms with Gasteiger partial charge >= 0.3 is 0 Å². The number of hydrogen-bond acceptors (Lipinski definition) is 5. The van der Waals surface area contributed by atoms with E-state index in [1.54, 1.807) is 20.3 Å². The Morgan fingerprint density at radius 2 is 2.11 bits per heavy atom. The Balaban J connectivity index is 2.11. The maximum atomic E-state index is 11.5. The summed E-state index contributed by atoms with van der Waals surface area (Å²) in [6.45, 7) is 1.97. The molecule has 104 valence electrons. The fourth-order valence-electron chi connectivity index (χ4n) is 2.03. The van der Waals surface area contributed by atoms with E-state index in [1.165, 1.54) is 0 Å². The van der Waals surface area contributed by atoms with Gasteiger partial charge in [-0.1, -0.05) is 0 Å². The van der Waals surface area contributed by atoms with Gasteiger partial charge in [-0.2, -0.15) is 0 Å². The molecule has 1 aliphatic rings. The molecule has 6 nitrogen and oxygen atoms in total. The Labute approximate surface area is 112 Å². The van der Waals surface area contributed by atoms with Gasteiger partial charge in [-0.25, -0.2) is 0 Å². The number of ether oxygens (including phenoxy) is 2. The Morgan fingerprint density at radius 3 is 2.74 bits per heavy atom. The lowest BCUT2D eigenvalue weighted by molar-refractivity contribution is -0.123. The van der Waals surface area contributed by atoms with Crippen LogP contribution in [0.15, 0.2) is 18.2 Å². The molecule has 0 radical (unpaired) electrons. The predicted molar refractivity (Wildman–Crippen MR) is 72.3 cm³/mol. The van der Waals surface area contributed by atoms with Crippen LogP contribution in [0.25, 0.3) is 0 Å². The highest BCUT2D eigenvalue weighted by molar-refractivity contribution is 5.78. The van der Waals surface area contributed by atoms with Gasteiger partial charge in [0.15, 0.2) is 6.29 Å². The van der Waals surface area contributed by atoms with Crippen LogP contribution in [0.5, 0.6) is 11.5 Å². The largest absolute Gasteiger partial charge is 0.497 e. The van der Waals surface area contributed by atoms with Crippen LogP contribution in [0.3, 0.4) is 0 Å². The highest BCUT2D eigenvalue weighted by Gasteiger charge is 2.23. The maximum Gasteiger partial charge on any atom is 0.224 e. The topological polar surface area (TPSA) is 71.6 Å². The zero-order chi connectivity index (χ0) is 13.8. The molecule has 1 fully saturated rings. The number of rotatable bonds is 4. The first-order chi connectivity index (χ1) is 9.12. The van der Waals surface area contributed by atoms with Crippen LogP contribution in [0.4, 0.5) is 5.69 Å². The second-order valence-corrected chi connectivity index (χ2v) is 4.48. The van der Waals surface area contributed by atoms with Crippen molar-refractivity contribution in [1.29, 1.82) is 0 Å². The molecule has 1 aliphatic heterocycles. The summed E-state index contributed by atoms with van der Waals surface area (Å²) < 4.78 is 10.4. The van der Waals surface area contributed by atoms with Crippen molar-refractivity contribution < 1.29 is 14.3 Å². The van der Waals surface area contributed by atoms with E-state index in [1.807, 2.05) is 19.1 Å². The number of carbonyl (C=O) groups is 1. The second-order valence-electron chi connectivity index (χ2n) is 4.48. The van der Waals surface area contributed by atoms with E-state index in [9.17, 15) is 4.79 Å². The molecule has 19 heavy (non-hydrogen) atoms. The molecule has 0 spiro atoms. The van der Waals surface area contributed by atoms with Gasteiger partial charge in [-0.15, -0.1) is 0 Å². The van der Waals surface area contributed by atoms with Crippen LogP contribution in [0.2, 0.25) is 0 Å². The van der Waals surface area contributed by atoms with Crippen LogP contribution in [-0.4, -0.2) is 32.5 Å². The quantitative estimate of drug-likeness (QED) is 0.754. The zero-order valence-electron chi connectivity index (χ0n) is 11.3. The normalized spacial score (nSPS) is 22.6. The minimum Gasteiger partial charge on any atom is -0.497 e. The van der Waals surface area contributed by atoms with Gasteiger partial charge in [0.2, 0.25) is 5.91 Å². The first-order valence-electron chi connectivity index (χ1n) is 6.16. The molecule has 2 rings (SSSR count). The van der Waals surface area contributed by atoms with Gasteiger partial charge in [0, 0.05) is 18.5 Å². The first-order valence-corrected chi connectivity index (χ1v) is 6.16. The predicted octanol–water partition coefficient (Wildman–Crippen LogP) is 0.897. The van der Waals surface area contributed by atoms with E-state index >= 15 is 0 Å². The lowest BCUT2D eigenvalue weighted by Gasteiger charge is -2.31. The first kappa shape index (κ1) is 13.5. The third kappa shape index (κ3) is 3.29. The number of carbonyl (C=O) groups excluding carboxylic acids is 1. The van der Waals surface area contributed by atoms with Crippen LogP contribution in [-0.2, 0) is 4.79 Å². The molecular formula is C13H19N3O3. The molecule has 0 saturated carbocycles. The molecule has 1 saturated heterocycles. The summed E-state index contributed by atoms with van der Waals surface area (Å²) in [5, 5.41) is 9.26. The van der Waals surface area contributed by atoms with Crippen molar-refractivity contribution in [2.45, 2.75) is 25.7 Å². The van der Waals surface area contributed by atoms with Crippen LogP contribution < -0.4 is 25.4 Å². The third-order valence-electron chi connectivity index (χ3n) is 2.96. The Bertz CT molecular complexity index is 464. The molecule has 3 N–H and O–H groups in total. The number of methoxy groups -OCH3 is 2. The van der Waals surface area contributed by atoms with E-state index in [4.69, 9.17) is 9.47 Å². The highest BCUT2D eigenvalue weighted by atomic mass is 16.5. The summed E-state index contributed by atoms with van der Waals surface area (Å²) in [7, 11) is 3.20. The summed E-state index contributed by atoms with van der Waals surface area (Å²) in [5.74, 6) is 1.40. The minimum atomic E-state index is -0.307. The van der Waals surface area contributed by atoms with E-state index in [-0.39, 0.29) is 18.2 Å². The van der Waals surface area contributed by atoms with Crippen molar-refractivity contribution in [1.82, 2.24) is 10.6 Å². The van der Waals surface area contributed by atoms with Gasteiger partial charge < -0.3 is 20.1 Å². The van der Waals surface area contributed by atoms with Crippen molar-refractivity contribution in [2.24, 2.45) is 0 Å². The van der Waals surface area contributed by atoms with Gasteiger partial charge in [-0.05, 0) is 19.1 Å². The van der Waals surface area contributed by atoms with Crippen molar-refractivity contribution in [2.75, 3.05) is 19.5 Å². The van der Waals surface area contributed by atoms with E-state index in [0.717, 1.165) is 11.4 Å². The van der Waals surface area contributed by atoms with E-state index in [0.29, 0.717) is 12.2 Å². The average Bonchev–Trinajstić information content (AvgIpc) is 2.38. The summed E-state index contributed by atoms with van der Waals surface area (Å²) in [5.41, 5.74) is 0.787. The molecule has 1 aromatic carbocycles. The Kier molecular flexibility index (Phi) is 4.11. The fourth-order valence-corrected chi connectivity index (χ4v) is 2.03. The Hall–Kier alpha value is -1.95. The maximum absolute atomic E-state index is 11.5. The van der Waals surface area contributed by atoms with Crippen LogP contribution in [0.1, 0.15) is 13.3 Å². The summed E-state index contributed by atoms with van der Waals surface area (Å²) in [6.07, 6.45) is 0.177.